The molecule has 0 fully saturated rings. The number of aliphatic carboxylic acids is 1. The van der Waals surface area contributed by atoms with Crippen molar-refractivity contribution in [3.05, 3.63) is 17.5 Å². The molecule has 0 aliphatic rings. The van der Waals surface area contributed by atoms with Crippen LogP contribution >= 0.6 is 11.3 Å². The predicted octanol–water partition coefficient (Wildman–Crippen LogP) is 0.0426. The second kappa shape index (κ2) is 4.51. The maximum absolute atomic E-state index is 11.3. The van der Waals surface area contributed by atoms with E-state index in [9.17, 15) is 13.2 Å². The van der Waals surface area contributed by atoms with Gasteiger partial charge in [-0.2, -0.15) is 0 Å². The number of thiophene rings is 1. The van der Waals surface area contributed by atoms with Crippen molar-refractivity contribution in [1.29, 1.82) is 0 Å². The highest BCUT2D eigenvalue weighted by Crippen LogP contribution is 2.14. The molecule has 0 radical (unpaired) electrons. The number of nitrogens with one attached hydrogen (secondary N) is 1. The lowest BCUT2D eigenvalue weighted by Gasteiger charge is -2.02. The maximum Gasteiger partial charge on any atom is 0.331 e. The van der Waals surface area contributed by atoms with E-state index in [2.05, 4.69) is 4.84 Å². The summed E-state index contributed by atoms with van der Waals surface area (Å²) in [4.78, 5) is 16.0. The summed E-state index contributed by atoms with van der Waals surface area (Å²) in [5.74, 6) is -1.25. The quantitative estimate of drug-likeness (QED) is 0.705. The molecule has 0 aliphatic heterocycles. The van der Waals surface area contributed by atoms with E-state index in [0.29, 0.717) is 0 Å². The minimum absolute atomic E-state index is 0.0721. The summed E-state index contributed by atoms with van der Waals surface area (Å²) < 4.78 is 22.6. The first-order valence-corrected chi connectivity index (χ1v) is 5.77. The first kappa shape index (κ1) is 11.1. The van der Waals surface area contributed by atoms with Crippen LogP contribution in [-0.4, -0.2) is 26.1 Å². The summed E-state index contributed by atoms with van der Waals surface area (Å²) in [7, 11) is -3.73. The molecule has 2 N–H and O–H groups in total. The largest absolute Gasteiger partial charge is 0.479 e. The molecule has 1 heterocycles. The zero-order valence-electron chi connectivity index (χ0n) is 6.84. The SMILES string of the molecule is O=C(O)CONS(=O)(=O)c1cccs1. The topological polar surface area (TPSA) is 92.7 Å². The smallest absolute Gasteiger partial charge is 0.331 e. The van der Waals surface area contributed by atoms with Gasteiger partial charge in [-0.05, 0) is 11.4 Å². The van der Waals surface area contributed by atoms with Crippen LogP contribution in [0.15, 0.2) is 21.7 Å². The van der Waals surface area contributed by atoms with Crippen molar-refractivity contribution >= 4 is 27.3 Å². The fourth-order valence-electron chi connectivity index (χ4n) is 0.626. The van der Waals surface area contributed by atoms with Gasteiger partial charge in [-0.25, -0.2) is 13.2 Å². The van der Waals surface area contributed by atoms with Crippen LogP contribution in [0.3, 0.4) is 0 Å². The van der Waals surface area contributed by atoms with E-state index in [0.717, 1.165) is 11.3 Å². The minimum atomic E-state index is -3.73. The van der Waals surface area contributed by atoms with Gasteiger partial charge in [-0.15, -0.1) is 11.3 Å². The molecule has 1 rings (SSSR count). The number of hydrogen-bond acceptors (Lipinski definition) is 5. The van der Waals surface area contributed by atoms with E-state index in [4.69, 9.17) is 5.11 Å². The van der Waals surface area contributed by atoms with Crippen LogP contribution in [0.1, 0.15) is 0 Å². The molecule has 0 aromatic carbocycles. The Kier molecular flexibility index (Phi) is 3.58. The van der Waals surface area contributed by atoms with Crippen molar-refractivity contribution in [3.8, 4) is 0 Å². The van der Waals surface area contributed by atoms with Crippen LogP contribution in [-0.2, 0) is 19.7 Å². The lowest BCUT2D eigenvalue weighted by Crippen LogP contribution is -2.26. The van der Waals surface area contributed by atoms with Crippen LogP contribution in [0, 0.1) is 0 Å². The van der Waals surface area contributed by atoms with E-state index < -0.39 is 22.6 Å². The molecule has 1 aromatic heterocycles. The molecule has 0 unspecified atom stereocenters. The van der Waals surface area contributed by atoms with Gasteiger partial charge in [0, 0.05) is 0 Å². The predicted molar refractivity (Wildman–Crippen MR) is 48.2 cm³/mol. The molecule has 0 spiro atoms. The van der Waals surface area contributed by atoms with Gasteiger partial charge in [0.2, 0.25) is 0 Å². The van der Waals surface area contributed by atoms with Gasteiger partial charge in [0.15, 0.2) is 6.61 Å². The Labute approximate surface area is 84.1 Å². The summed E-state index contributed by atoms with van der Waals surface area (Å²) in [5, 5.41) is 9.77. The summed E-state index contributed by atoms with van der Waals surface area (Å²) in [6.07, 6.45) is 0. The molecule has 78 valence electrons. The van der Waals surface area contributed by atoms with E-state index in [1.165, 1.54) is 6.07 Å². The molecule has 8 heteroatoms. The Balaban J connectivity index is 2.56. The highest BCUT2D eigenvalue weighted by atomic mass is 32.2. The standard InChI is InChI=1S/C6H7NO5S2/c8-5(9)4-12-7-14(10,11)6-2-1-3-13-6/h1-3,7H,4H2,(H,8,9). The summed E-state index contributed by atoms with van der Waals surface area (Å²) in [6.45, 7) is -0.718. The van der Waals surface area contributed by atoms with Crippen molar-refractivity contribution in [1.82, 2.24) is 4.89 Å². The lowest BCUT2D eigenvalue weighted by molar-refractivity contribution is -0.143. The van der Waals surface area contributed by atoms with Gasteiger partial charge in [-0.3, -0.25) is 4.84 Å². The lowest BCUT2D eigenvalue weighted by atomic mass is 10.7. The molecular formula is C6H7NO5S2. The van der Waals surface area contributed by atoms with E-state index in [-0.39, 0.29) is 4.21 Å². The number of carboxylic acid groups (broad SMARTS) is 1. The van der Waals surface area contributed by atoms with Gasteiger partial charge < -0.3 is 5.11 Å². The fourth-order valence-corrected chi connectivity index (χ4v) is 2.40. The molecule has 0 atom stereocenters. The monoisotopic (exact) mass is 237 g/mol. The van der Waals surface area contributed by atoms with Crippen molar-refractivity contribution in [2.24, 2.45) is 0 Å². The number of sulfonamides is 1. The van der Waals surface area contributed by atoms with Gasteiger partial charge in [0.1, 0.15) is 4.21 Å². The second-order valence-electron chi connectivity index (χ2n) is 2.20. The molecule has 1 aromatic rings. The summed E-state index contributed by atoms with van der Waals surface area (Å²) in [6, 6.07) is 2.95. The van der Waals surface area contributed by atoms with Crippen molar-refractivity contribution < 1.29 is 23.2 Å². The third-order valence-corrected chi connectivity index (χ3v) is 3.74. The number of hydrogen-bond donors (Lipinski definition) is 2. The van der Waals surface area contributed by atoms with Gasteiger partial charge >= 0.3 is 5.97 Å². The van der Waals surface area contributed by atoms with Crippen LogP contribution in [0.2, 0.25) is 0 Å². The normalized spacial score (nSPS) is 11.4. The van der Waals surface area contributed by atoms with Crippen LogP contribution in [0.4, 0.5) is 0 Å². The molecule has 0 amide bonds. The Hall–Kier alpha value is -0.960. The van der Waals surface area contributed by atoms with E-state index >= 15 is 0 Å². The zero-order valence-corrected chi connectivity index (χ0v) is 8.47. The van der Waals surface area contributed by atoms with Crippen molar-refractivity contribution in [3.63, 3.8) is 0 Å². The minimum Gasteiger partial charge on any atom is -0.479 e. The Morgan fingerprint density at radius 1 is 1.64 bits per heavy atom. The summed E-state index contributed by atoms with van der Waals surface area (Å²) in [5.41, 5.74) is 0. The van der Waals surface area contributed by atoms with Gasteiger partial charge in [0.25, 0.3) is 10.0 Å². The van der Waals surface area contributed by atoms with Gasteiger partial charge in [0.05, 0.1) is 0 Å². The zero-order chi connectivity index (χ0) is 10.6. The molecule has 0 saturated carbocycles. The van der Waals surface area contributed by atoms with Crippen LogP contribution in [0.25, 0.3) is 0 Å². The van der Waals surface area contributed by atoms with E-state index in [1.807, 2.05) is 0 Å². The second-order valence-corrected chi connectivity index (χ2v) is 5.02. The maximum atomic E-state index is 11.3. The van der Waals surface area contributed by atoms with Crippen LogP contribution < -0.4 is 4.89 Å². The number of carboxylic acids is 1. The molecule has 0 bridgehead atoms. The highest BCUT2D eigenvalue weighted by molar-refractivity contribution is 7.91. The molecule has 14 heavy (non-hydrogen) atoms. The Morgan fingerprint density at radius 3 is 2.86 bits per heavy atom. The third-order valence-electron chi connectivity index (χ3n) is 1.12. The van der Waals surface area contributed by atoms with Crippen molar-refractivity contribution in [2.45, 2.75) is 4.21 Å². The molecule has 0 saturated heterocycles. The summed E-state index contributed by atoms with van der Waals surface area (Å²) >= 11 is 1.01. The van der Waals surface area contributed by atoms with Crippen molar-refractivity contribution in [2.75, 3.05) is 6.61 Å². The average molecular weight is 237 g/mol. The number of carbonyl (C=O) groups is 1. The Morgan fingerprint density at radius 2 is 2.36 bits per heavy atom. The third kappa shape index (κ3) is 3.07. The van der Waals surface area contributed by atoms with Gasteiger partial charge in [-0.1, -0.05) is 11.0 Å². The first-order chi connectivity index (χ1) is 6.52. The first-order valence-electron chi connectivity index (χ1n) is 3.41. The Bertz CT molecular complexity index is 396. The average Bonchev–Trinajstić information content (AvgIpc) is 2.54. The molecule has 6 nitrogen and oxygen atoms in total. The molecular weight excluding hydrogens is 230 g/mol. The fraction of sp³-hybridized carbons (Fsp3) is 0.167. The number of rotatable bonds is 5. The molecule has 0 aliphatic carbocycles. The highest BCUT2D eigenvalue weighted by Gasteiger charge is 2.15. The van der Waals surface area contributed by atoms with Crippen LogP contribution in [0.5, 0.6) is 0 Å². The van der Waals surface area contributed by atoms with E-state index in [1.54, 1.807) is 16.3 Å².